The average molecular weight is 233 g/mol. The van der Waals surface area contributed by atoms with Gasteiger partial charge in [-0.05, 0) is 13.0 Å². The van der Waals surface area contributed by atoms with Gasteiger partial charge in [0.15, 0.2) is 0 Å². The minimum absolute atomic E-state index is 0.296. The fourth-order valence-electron chi connectivity index (χ4n) is 1.33. The summed E-state index contributed by atoms with van der Waals surface area (Å²) in [4.78, 5) is 0. The summed E-state index contributed by atoms with van der Waals surface area (Å²) in [5.41, 5.74) is 1.08. The summed E-state index contributed by atoms with van der Waals surface area (Å²) in [5.74, 6) is 0. The Morgan fingerprint density at radius 1 is 1.56 bits per heavy atom. The second-order valence-electron chi connectivity index (χ2n) is 3.28. The molecule has 6 heteroatoms. The molecule has 0 aliphatic carbocycles. The molecule has 0 atom stereocenters. The van der Waals surface area contributed by atoms with E-state index < -0.39 is 13.0 Å². The molecule has 4 nitrogen and oxygen atoms in total. The van der Waals surface area contributed by atoms with Gasteiger partial charge >= 0.3 is 0 Å². The first-order chi connectivity index (χ1) is 7.74. The van der Waals surface area contributed by atoms with Crippen LogP contribution in [-0.4, -0.2) is 36.0 Å². The number of aromatic nitrogens is 2. The van der Waals surface area contributed by atoms with Gasteiger partial charge in [-0.15, -0.1) is 0 Å². The highest BCUT2D eigenvalue weighted by atomic mass is 19.3. The Balaban J connectivity index is 2.07. The topological polar surface area (TPSA) is 39.1 Å². The van der Waals surface area contributed by atoms with Crippen molar-refractivity contribution in [3.63, 3.8) is 0 Å². The Morgan fingerprint density at radius 3 is 3.06 bits per heavy atom. The normalized spacial score (nSPS) is 11.2. The molecule has 1 rings (SSSR count). The number of nitrogens with one attached hydrogen (secondary N) is 1. The van der Waals surface area contributed by atoms with E-state index >= 15 is 0 Å². The zero-order valence-corrected chi connectivity index (χ0v) is 9.33. The standard InChI is InChI=1S/C10H17F2N3O/c1-2-15-9(3-4-14-15)7-13-5-6-16-8-10(11)12/h3-4,10,13H,2,5-8H2,1H3. The molecule has 1 N–H and O–H groups in total. The van der Waals surface area contributed by atoms with E-state index in [1.807, 2.05) is 17.7 Å². The third-order valence-corrected chi connectivity index (χ3v) is 2.08. The molecule has 0 aliphatic rings. The van der Waals surface area contributed by atoms with E-state index in [1.165, 1.54) is 0 Å². The van der Waals surface area contributed by atoms with Crippen LogP contribution in [0, 0.1) is 0 Å². The van der Waals surface area contributed by atoms with E-state index in [0.29, 0.717) is 19.7 Å². The summed E-state index contributed by atoms with van der Waals surface area (Å²) < 4.78 is 30.0. The number of hydrogen-bond donors (Lipinski definition) is 1. The highest BCUT2D eigenvalue weighted by Crippen LogP contribution is 1.97. The summed E-state index contributed by atoms with van der Waals surface area (Å²) in [6.07, 6.45) is -0.644. The van der Waals surface area contributed by atoms with Crippen LogP contribution in [0.2, 0.25) is 0 Å². The number of rotatable bonds is 8. The molecule has 16 heavy (non-hydrogen) atoms. The molecule has 0 amide bonds. The van der Waals surface area contributed by atoms with Crippen LogP contribution in [0.5, 0.6) is 0 Å². The molecule has 1 aromatic heterocycles. The predicted molar refractivity (Wildman–Crippen MR) is 56.4 cm³/mol. The second kappa shape index (κ2) is 7.29. The Hall–Kier alpha value is -1.01. The number of halogens is 2. The predicted octanol–water partition coefficient (Wildman–Crippen LogP) is 1.27. The molecule has 0 spiro atoms. The number of aryl methyl sites for hydroxylation is 1. The largest absolute Gasteiger partial charge is 0.374 e. The monoisotopic (exact) mass is 233 g/mol. The Morgan fingerprint density at radius 2 is 2.38 bits per heavy atom. The number of ether oxygens (including phenoxy) is 1. The highest BCUT2D eigenvalue weighted by Gasteiger charge is 2.02. The van der Waals surface area contributed by atoms with Gasteiger partial charge in [-0.1, -0.05) is 0 Å². The van der Waals surface area contributed by atoms with Crippen molar-refractivity contribution in [2.75, 3.05) is 19.8 Å². The van der Waals surface area contributed by atoms with Crippen LogP contribution in [0.15, 0.2) is 12.3 Å². The number of nitrogens with zero attached hydrogens (tertiary/aromatic N) is 2. The van der Waals surface area contributed by atoms with Crippen LogP contribution in [0.1, 0.15) is 12.6 Å². The molecule has 1 heterocycles. The third-order valence-electron chi connectivity index (χ3n) is 2.08. The lowest BCUT2D eigenvalue weighted by Gasteiger charge is -2.07. The minimum atomic E-state index is -2.39. The van der Waals surface area contributed by atoms with E-state index in [0.717, 1.165) is 12.2 Å². The van der Waals surface area contributed by atoms with Crippen LogP contribution < -0.4 is 5.32 Å². The van der Waals surface area contributed by atoms with Crippen molar-refractivity contribution in [2.45, 2.75) is 26.4 Å². The highest BCUT2D eigenvalue weighted by molar-refractivity contribution is 4.99. The van der Waals surface area contributed by atoms with Gasteiger partial charge < -0.3 is 10.1 Å². The molecule has 92 valence electrons. The van der Waals surface area contributed by atoms with Crippen molar-refractivity contribution in [2.24, 2.45) is 0 Å². The zero-order valence-electron chi connectivity index (χ0n) is 9.33. The fourth-order valence-corrected chi connectivity index (χ4v) is 1.33. The lowest BCUT2D eigenvalue weighted by molar-refractivity contribution is 0.0187. The van der Waals surface area contributed by atoms with Gasteiger partial charge in [-0.3, -0.25) is 4.68 Å². The summed E-state index contributed by atoms with van der Waals surface area (Å²) in [7, 11) is 0. The molecule has 1 aromatic rings. The molecule has 0 fully saturated rings. The fraction of sp³-hybridized carbons (Fsp3) is 0.700. The zero-order chi connectivity index (χ0) is 11.8. The quantitative estimate of drug-likeness (QED) is 0.687. The number of alkyl halides is 2. The van der Waals surface area contributed by atoms with E-state index in [9.17, 15) is 8.78 Å². The van der Waals surface area contributed by atoms with Crippen LogP contribution in [0.3, 0.4) is 0 Å². The lowest BCUT2D eigenvalue weighted by Crippen LogP contribution is -2.22. The maximum atomic E-state index is 11.7. The van der Waals surface area contributed by atoms with Gasteiger partial charge in [-0.25, -0.2) is 8.78 Å². The van der Waals surface area contributed by atoms with Crippen molar-refractivity contribution in [1.82, 2.24) is 15.1 Å². The summed E-state index contributed by atoms with van der Waals surface area (Å²) >= 11 is 0. The van der Waals surface area contributed by atoms with Gasteiger partial charge in [0.05, 0.1) is 12.3 Å². The molecule has 0 saturated carbocycles. The first-order valence-electron chi connectivity index (χ1n) is 5.31. The van der Waals surface area contributed by atoms with Crippen LogP contribution in [0.4, 0.5) is 8.78 Å². The maximum Gasteiger partial charge on any atom is 0.261 e. The Labute approximate surface area is 93.6 Å². The number of hydrogen-bond acceptors (Lipinski definition) is 3. The SMILES string of the molecule is CCn1nccc1CNCCOCC(F)F. The smallest absolute Gasteiger partial charge is 0.261 e. The summed E-state index contributed by atoms with van der Waals surface area (Å²) in [6.45, 7) is 3.88. The van der Waals surface area contributed by atoms with E-state index in [2.05, 4.69) is 10.4 Å². The van der Waals surface area contributed by atoms with Gasteiger partial charge in [0.2, 0.25) is 0 Å². The van der Waals surface area contributed by atoms with Crippen LogP contribution in [-0.2, 0) is 17.8 Å². The van der Waals surface area contributed by atoms with Gasteiger partial charge in [0, 0.05) is 25.8 Å². The van der Waals surface area contributed by atoms with Crippen molar-refractivity contribution < 1.29 is 13.5 Å². The van der Waals surface area contributed by atoms with Crippen molar-refractivity contribution in [1.29, 1.82) is 0 Å². The summed E-state index contributed by atoms with van der Waals surface area (Å²) in [5, 5.41) is 7.22. The lowest BCUT2D eigenvalue weighted by atomic mass is 10.4. The molecule has 0 unspecified atom stereocenters. The second-order valence-corrected chi connectivity index (χ2v) is 3.28. The molecule has 0 saturated heterocycles. The Kier molecular flexibility index (Phi) is 5.95. The van der Waals surface area contributed by atoms with E-state index in [4.69, 9.17) is 4.74 Å². The van der Waals surface area contributed by atoms with Crippen molar-refractivity contribution in [3.8, 4) is 0 Å². The molecule has 0 aliphatic heterocycles. The average Bonchev–Trinajstić information content (AvgIpc) is 2.70. The van der Waals surface area contributed by atoms with Crippen molar-refractivity contribution >= 4 is 0 Å². The van der Waals surface area contributed by atoms with Crippen molar-refractivity contribution in [3.05, 3.63) is 18.0 Å². The molecular weight excluding hydrogens is 216 g/mol. The molecule has 0 bridgehead atoms. The van der Waals surface area contributed by atoms with Gasteiger partial charge in [0.25, 0.3) is 6.43 Å². The maximum absolute atomic E-state index is 11.7. The molecular formula is C10H17F2N3O. The summed E-state index contributed by atoms with van der Waals surface area (Å²) in [6, 6.07) is 1.93. The molecule has 0 aromatic carbocycles. The molecule has 0 radical (unpaired) electrons. The van der Waals surface area contributed by atoms with E-state index in [-0.39, 0.29) is 0 Å². The van der Waals surface area contributed by atoms with Gasteiger partial charge in [-0.2, -0.15) is 5.10 Å². The third kappa shape index (κ3) is 4.67. The van der Waals surface area contributed by atoms with E-state index in [1.54, 1.807) is 6.20 Å². The first-order valence-corrected chi connectivity index (χ1v) is 5.31. The first kappa shape index (κ1) is 13.1. The minimum Gasteiger partial charge on any atom is -0.374 e. The van der Waals surface area contributed by atoms with Gasteiger partial charge in [0.1, 0.15) is 6.61 Å². The van der Waals surface area contributed by atoms with Crippen LogP contribution in [0.25, 0.3) is 0 Å². The van der Waals surface area contributed by atoms with Crippen LogP contribution >= 0.6 is 0 Å². The Bertz CT molecular complexity index is 291.